The van der Waals surface area contributed by atoms with Crippen molar-refractivity contribution in [3.8, 4) is 6.07 Å². The van der Waals surface area contributed by atoms with E-state index in [0.717, 1.165) is 6.20 Å². The van der Waals surface area contributed by atoms with E-state index in [1.165, 1.54) is 24.3 Å². The number of nitrogens with zero attached hydrogens (tertiary/aromatic N) is 1. The van der Waals surface area contributed by atoms with Crippen molar-refractivity contribution in [1.29, 1.82) is 5.26 Å². The Labute approximate surface area is 172 Å². The van der Waals surface area contributed by atoms with Gasteiger partial charge in [-0.15, -0.1) is 0 Å². The Morgan fingerprint density at radius 1 is 1.18 bits per heavy atom. The summed E-state index contributed by atoms with van der Waals surface area (Å²) >= 11 is 11.7. The lowest BCUT2D eigenvalue weighted by molar-refractivity contribution is -0.138. The number of ether oxygens (including phenoxy) is 1. The van der Waals surface area contributed by atoms with Gasteiger partial charge in [-0.2, -0.15) is 5.26 Å². The molecule has 0 aromatic heterocycles. The second-order valence-electron chi connectivity index (χ2n) is 5.26. The van der Waals surface area contributed by atoms with Crippen molar-refractivity contribution < 1.29 is 17.9 Å². The minimum absolute atomic E-state index is 0.0727. The summed E-state index contributed by atoms with van der Waals surface area (Å²) in [7, 11) is -3.95. The molecular formula is C18H15Cl2N3O4S. The Bertz CT molecular complexity index is 1060. The maximum absolute atomic E-state index is 12.6. The van der Waals surface area contributed by atoms with Crippen LogP contribution in [0.15, 0.2) is 59.1 Å². The van der Waals surface area contributed by atoms with Crippen LogP contribution in [0.1, 0.15) is 6.92 Å². The van der Waals surface area contributed by atoms with Crippen molar-refractivity contribution in [3.63, 3.8) is 0 Å². The number of anilines is 2. The van der Waals surface area contributed by atoms with E-state index < -0.39 is 16.0 Å². The van der Waals surface area contributed by atoms with Gasteiger partial charge in [0.15, 0.2) is 5.57 Å². The van der Waals surface area contributed by atoms with E-state index >= 15 is 0 Å². The van der Waals surface area contributed by atoms with Crippen LogP contribution in [-0.2, 0) is 19.6 Å². The molecule has 0 saturated heterocycles. The largest absolute Gasteiger partial charge is 0.462 e. The van der Waals surface area contributed by atoms with E-state index in [1.54, 1.807) is 31.2 Å². The molecule has 2 N–H and O–H groups in total. The van der Waals surface area contributed by atoms with Crippen molar-refractivity contribution >= 4 is 50.6 Å². The second kappa shape index (κ2) is 9.46. The molecule has 2 aromatic carbocycles. The third-order valence-corrected chi connectivity index (χ3v) is 5.46. The summed E-state index contributed by atoms with van der Waals surface area (Å²) in [5.74, 6) is -0.786. The molecule has 28 heavy (non-hydrogen) atoms. The van der Waals surface area contributed by atoms with E-state index in [9.17, 15) is 13.2 Å². The predicted octanol–water partition coefficient (Wildman–Crippen LogP) is 4.18. The highest BCUT2D eigenvalue weighted by atomic mass is 35.5. The molecule has 0 unspecified atom stereocenters. The number of benzene rings is 2. The molecule has 146 valence electrons. The van der Waals surface area contributed by atoms with Gasteiger partial charge in [-0.05, 0) is 37.3 Å². The number of esters is 1. The zero-order valence-electron chi connectivity index (χ0n) is 14.6. The van der Waals surface area contributed by atoms with Crippen LogP contribution in [0.2, 0.25) is 10.0 Å². The SMILES string of the molecule is CCOC(=O)/C(C#N)=C/Nc1ccccc1NS(=O)(=O)c1ccc(Cl)c(Cl)c1. The number of hydrogen-bond acceptors (Lipinski definition) is 6. The molecule has 7 nitrogen and oxygen atoms in total. The van der Waals surface area contributed by atoms with Crippen molar-refractivity contribution in [1.82, 2.24) is 0 Å². The summed E-state index contributed by atoms with van der Waals surface area (Å²) in [6, 6.07) is 12.0. The third-order valence-electron chi connectivity index (χ3n) is 3.36. The van der Waals surface area contributed by atoms with Gasteiger partial charge >= 0.3 is 5.97 Å². The van der Waals surface area contributed by atoms with E-state index in [2.05, 4.69) is 10.0 Å². The first kappa shape index (κ1) is 21.6. The molecular weight excluding hydrogens is 425 g/mol. The normalized spacial score (nSPS) is 11.4. The number of rotatable bonds is 7. The van der Waals surface area contributed by atoms with E-state index in [4.69, 9.17) is 33.2 Å². The minimum atomic E-state index is -3.95. The molecule has 0 heterocycles. The lowest BCUT2D eigenvalue weighted by atomic mass is 10.2. The number of para-hydroxylation sites is 2. The van der Waals surface area contributed by atoms with Gasteiger partial charge in [0, 0.05) is 6.20 Å². The quantitative estimate of drug-likeness (QED) is 0.380. The minimum Gasteiger partial charge on any atom is -0.462 e. The lowest BCUT2D eigenvalue weighted by Gasteiger charge is -2.13. The molecule has 0 aliphatic rings. The Morgan fingerprint density at radius 3 is 2.46 bits per heavy atom. The summed E-state index contributed by atoms with van der Waals surface area (Å²) in [5.41, 5.74) is 0.262. The van der Waals surface area contributed by atoms with Gasteiger partial charge in [0.2, 0.25) is 0 Å². The molecule has 2 rings (SSSR count). The lowest BCUT2D eigenvalue weighted by Crippen LogP contribution is -2.14. The van der Waals surface area contributed by atoms with Gasteiger partial charge < -0.3 is 10.1 Å². The molecule has 10 heteroatoms. The highest BCUT2D eigenvalue weighted by Crippen LogP contribution is 2.28. The fraction of sp³-hybridized carbons (Fsp3) is 0.111. The topological polar surface area (TPSA) is 108 Å². The van der Waals surface area contributed by atoms with Crippen LogP contribution in [0.4, 0.5) is 11.4 Å². The molecule has 0 radical (unpaired) electrons. The maximum atomic E-state index is 12.6. The number of nitriles is 1. The Kier molecular flexibility index (Phi) is 7.29. The smallest absolute Gasteiger partial charge is 0.350 e. The van der Waals surface area contributed by atoms with E-state index in [-0.39, 0.29) is 32.8 Å². The van der Waals surface area contributed by atoms with Crippen LogP contribution in [0.3, 0.4) is 0 Å². The fourth-order valence-corrected chi connectivity index (χ4v) is 3.51. The Morgan fingerprint density at radius 2 is 1.86 bits per heavy atom. The van der Waals surface area contributed by atoms with E-state index in [0.29, 0.717) is 5.69 Å². The Hall–Kier alpha value is -2.73. The van der Waals surface area contributed by atoms with Crippen molar-refractivity contribution in [2.45, 2.75) is 11.8 Å². The van der Waals surface area contributed by atoms with Gasteiger partial charge in [-0.3, -0.25) is 4.72 Å². The molecule has 0 aliphatic heterocycles. The van der Waals surface area contributed by atoms with Crippen LogP contribution >= 0.6 is 23.2 Å². The number of halogens is 2. The molecule has 0 bridgehead atoms. The summed E-state index contributed by atoms with van der Waals surface area (Å²) in [5, 5.41) is 12.1. The fourth-order valence-electron chi connectivity index (χ4n) is 2.04. The van der Waals surface area contributed by atoms with Gasteiger partial charge in [0.25, 0.3) is 10.0 Å². The van der Waals surface area contributed by atoms with Crippen LogP contribution in [0.25, 0.3) is 0 Å². The monoisotopic (exact) mass is 439 g/mol. The molecule has 0 amide bonds. The standard InChI is InChI=1S/C18H15Cl2N3O4S/c1-2-27-18(24)12(10-21)11-22-16-5-3-4-6-17(16)23-28(25,26)13-7-8-14(19)15(20)9-13/h3-9,11,22-23H,2H2,1H3/b12-11+. The average Bonchev–Trinajstić information content (AvgIpc) is 2.65. The molecule has 0 atom stereocenters. The second-order valence-corrected chi connectivity index (χ2v) is 7.76. The highest BCUT2D eigenvalue weighted by molar-refractivity contribution is 7.92. The molecule has 0 spiro atoms. The number of hydrogen-bond donors (Lipinski definition) is 2. The van der Waals surface area contributed by atoms with Crippen molar-refractivity contribution in [2.75, 3.05) is 16.6 Å². The van der Waals surface area contributed by atoms with Crippen LogP contribution < -0.4 is 10.0 Å². The van der Waals surface area contributed by atoms with Gasteiger partial charge in [0.05, 0.1) is 32.9 Å². The zero-order valence-corrected chi connectivity index (χ0v) is 16.9. The van der Waals surface area contributed by atoms with Crippen LogP contribution in [0.5, 0.6) is 0 Å². The summed E-state index contributed by atoms with van der Waals surface area (Å²) in [4.78, 5) is 11.6. The number of carbonyl (C=O) groups is 1. The average molecular weight is 440 g/mol. The highest BCUT2D eigenvalue weighted by Gasteiger charge is 2.17. The first-order valence-corrected chi connectivity index (χ1v) is 10.1. The number of nitrogens with one attached hydrogen (secondary N) is 2. The predicted molar refractivity (Wildman–Crippen MR) is 108 cm³/mol. The summed E-state index contributed by atoms with van der Waals surface area (Å²) in [6.07, 6.45) is 1.14. The molecule has 0 saturated carbocycles. The number of carbonyl (C=O) groups excluding carboxylic acids is 1. The zero-order chi connectivity index (χ0) is 20.7. The summed E-state index contributed by atoms with van der Waals surface area (Å²) < 4.78 is 32.4. The van der Waals surface area contributed by atoms with Gasteiger partial charge in [0.1, 0.15) is 6.07 Å². The number of sulfonamides is 1. The van der Waals surface area contributed by atoms with Gasteiger partial charge in [-0.1, -0.05) is 35.3 Å². The summed E-state index contributed by atoms with van der Waals surface area (Å²) in [6.45, 7) is 1.74. The van der Waals surface area contributed by atoms with Crippen LogP contribution in [-0.4, -0.2) is 21.0 Å². The first-order valence-electron chi connectivity index (χ1n) is 7.89. The van der Waals surface area contributed by atoms with Crippen molar-refractivity contribution in [3.05, 3.63) is 64.3 Å². The molecule has 2 aromatic rings. The third kappa shape index (κ3) is 5.39. The van der Waals surface area contributed by atoms with Crippen molar-refractivity contribution in [2.24, 2.45) is 0 Å². The van der Waals surface area contributed by atoms with Gasteiger partial charge in [-0.25, -0.2) is 13.2 Å². The molecule has 0 fully saturated rings. The van der Waals surface area contributed by atoms with E-state index in [1.807, 2.05) is 0 Å². The maximum Gasteiger partial charge on any atom is 0.350 e. The first-order chi connectivity index (χ1) is 13.3. The van der Waals surface area contributed by atoms with Crippen LogP contribution in [0, 0.1) is 11.3 Å². The Balaban J connectivity index is 2.30. The molecule has 0 aliphatic carbocycles.